The van der Waals surface area contributed by atoms with Crippen molar-refractivity contribution >= 4 is 27.5 Å². The highest BCUT2D eigenvalue weighted by Crippen LogP contribution is 2.31. The van der Waals surface area contributed by atoms with Gasteiger partial charge in [0, 0.05) is 63.2 Å². The van der Waals surface area contributed by atoms with E-state index in [2.05, 4.69) is 9.62 Å². The topological polar surface area (TPSA) is 88.2 Å². The molecular weight excluding hydrogens is 466 g/mol. The molecule has 1 saturated heterocycles. The number of halogens is 1. The first-order valence-electron chi connectivity index (χ1n) is 11.0. The van der Waals surface area contributed by atoms with E-state index in [1.807, 2.05) is 24.3 Å². The van der Waals surface area contributed by atoms with Gasteiger partial charge in [0.2, 0.25) is 15.9 Å². The molecule has 2 aliphatic heterocycles. The first-order chi connectivity index (χ1) is 15.9. The van der Waals surface area contributed by atoms with Crippen molar-refractivity contribution in [2.75, 3.05) is 45.9 Å². The van der Waals surface area contributed by atoms with Gasteiger partial charge >= 0.3 is 0 Å². The number of nitrogens with one attached hydrogen (secondary N) is 1. The standard InChI is InChI=1S/C23H28ClN3O5S/c24-19-4-1-3-18(15-19)17-26-9-11-27(12-10-26)23(28)7-8-25-33(29,30)20-5-6-21-22(16-20)32-14-2-13-31-21/h1,3-6,15-16,25H,2,7-14,17H2. The molecule has 2 heterocycles. The van der Waals surface area contributed by atoms with E-state index in [9.17, 15) is 13.2 Å². The Morgan fingerprint density at radius 3 is 2.52 bits per heavy atom. The predicted molar refractivity (Wildman–Crippen MR) is 125 cm³/mol. The molecule has 0 atom stereocenters. The van der Waals surface area contributed by atoms with E-state index in [1.54, 1.807) is 11.0 Å². The molecule has 0 radical (unpaired) electrons. The summed E-state index contributed by atoms with van der Waals surface area (Å²) in [7, 11) is -3.75. The lowest BCUT2D eigenvalue weighted by Gasteiger charge is -2.34. The van der Waals surface area contributed by atoms with Crippen LogP contribution < -0.4 is 14.2 Å². The molecule has 0 unspecified atom stereocenters. The first-order valence-corrected chi connectivity index (χ1v) is 12.9. The molecule has 8 nitrogen and oxygen atoms in total. The van der Waals surface area contributed by atoms with E-state index in [1.165, 1.54) is 12.1 Å². The molecule has 0 saturated carbocycles. The summed E-state index contributed by atoms with van der Waals surface area (Å²) in [6.07, 6.45) is 0.851. The van der Waals surface area contributed by atoms with Crippen molar-refractivity contribution in [2.45, 2.75) is 24.3 Å². The Labute approximate surface area is 199 Å². The molecule has 178 valence electrons. The van der Waals surface area contributed by atoms with Crippen LogP contribution in [0.4, 0.5) is 0 Å². The summed E-state index contributed by atoms with van der Waals surface area (Å²) >= 11 is 6.05. The highest BCUT2D eigenvalue weighted by Gasteiger charge is 2.23. The SMILES string of the molecule is O=C(CCNS(=O)(=O)c1ccc2c(c1)OCCCO2)N1CCN(Cc2cccc(Cl)c2)CC1. The third-order valence-corrected chi connectivity index (χ3v) is 7.37. The van der Waals surface area contributed by atoms with Gasteiger partial charge in [0.15, 0.2) is 11.5 Å². The molecule has 0 aliphatic carbocycles. The summed E-state index contributed by atoms with van der Waals surface area (Å²) in [5.74, 6) is 0.900. The Balaban J connectivity index is 1.23. The fraction of sp³-hybridized carbons (Fsp3) is 0.435. The number of fused-ring (bicyclic) bond motifs is 1. The van der Waals surface area contributed by atoms with Crippen molar-refractivity contribution in [2.24, 2.45) is 0 Å². The van der Waals surface area contributed by atoms with Crippen LogP contribution in [0.1, 0.15) is 18.4 Å². The lowest BCUT2D eigenvalue weighted by atomic mass is 10.2. The number of ether oxygens (including phenoxy) is 2. The quantitative estimate of drug-likeness (QED) is 0.637. The molecule has 1 N–H and O–H groups in total. The third-order valence-electron chi connectivity index (χ3n) is 5.68. The first kappa shape index (κ1) is 23.8. The van der Waals surface area contributed by atoms with Gasteiger partial charge in [-0.2, -0.15) is 0 Å². The highest BCUT2D eigenvalue weighted by atomic mass is 35.5. The highest BCUT2D eigenvalue weighted by molar-refractivity contribution is 7.89. The van der Waals surface area contributed by atoms with Gasteiger partial charge in [-0.15, -0.1) is 0 Å². The van der Waals surface area contributed by atoms with Crippen LogP contribution in [0.25, 0.3) is 0 Å². The molecule has 1 amide bonds. The van der Waals surface area contributed by atoms with E-state index in [0.717, 1.165) is 36.6 Å². The number of hydrogen-bond donors (Lipinski definition) is 1. The number of sulfonamides is 1. The van der Waals surface area contributed by atoms with Crippen LogP contribution in [0, 0.1) is 0 Å². The monoisotopic (exact) mass is 493 g/mol. The summed E-state index contributed by atoms with van der Waals surface area (Å²) in [4.78, 5) is 16.7. The molecule has 0 spiro atoms. The Hall–Kier alpha value is -2.33. The average Bonchev–Trinajstić information content (AvgIpc) is 3.04. The molecule has 33 heavy (non-hydrogen) atoms. The van der Waals surface area contributed by atoms with Gasteiger partial charge in [0.25, 0.3) is 0 Å². The Bertz CT molecular complexity index is 1090. The van der Waals surface area contributed by atoms with E-state index in [-0.39, 0.29) is 23.8 Å². The van der Waals surface area contributed by atoms with Gasteiger partial charge in [-0.25, -0.2) is 13.1 Å². The van der Waals surface area contributed by atoms with E-state index in [0.29, 0.717) is 37.8 Å². The van der Waals surface area contributed by atoms with Gasteiger partial charge in [-0.05, 0) is 29.8 Å². The number of amides is 1. The third kappa shape index (κ3) is 6.38. The predicted octanol–water partition coefficient (Wildman–Crippen LogP) is 2.51. The molecular formula is C23H28ClN3O5S. The van der Waals surface area contributed by atoms with Gasteiger partial charge in [-0.3, -0.25) is 9.69 Å². The zero-order valence-corrected chi connectivity index (χ0v) is 19.9. The normalized spacial score (nSPS) is 16.9. The van der Waals surface area contributed by atoms with Crippen molar-refractivity contribution < 1.29 is 22.7 Å². The Kier molecular flexibility index (Phi) is 7.75. The number of rotatable bonds is 7. The molecule has 1 fully saturated rings. The maximum atomic E-state index is 12.7. The number of piperazine rings is 1. The lowest BCUT2D eigenvalue weighted by Crippen LogP contribution is -2.48. The van der Waals surface area contributed by atoms with Crippen molar-refractivity contribution in [3.05, 3.63) is 53.1 Å². The number of hydrogen-bond acceptors (Lipinski definition) is 6. The molecule has 2 aromatic carbocycles. The van der Waals surface area contributed by atoms with E-state index >= 15 is 0 Å². The van der Waals surface area contributed by atoms with Crippen LogP contribution in [-0.2, 0) is 21.4 Å². The fourth-order valence-corrected chi connectivity index (χ4v) is 5.15. The fourth-order valence-electron chi connectivity index (χ4n) is 3.89. The minimum atomic E-state index is -3.75. The van der Waals surface area contributed by atoms with Crippen LogP contribution in [0.5, 0.6) is 11.5 Å². The molecule has 2 aromatic rings. The zero-order valence-electron chi connectivity index (χ0n) is 18.3. The summed E-state index contributed by atoms with van der Waals surface area (Å²) in [6, 6.07) is 12.3. The van der Waals surface area contributed by atoms with Crippen LogP contribution in [0.2, 0.25) is 5.02 Å². The van der Waals surface area contributed by atoms with Crippen LogP contribution >= 0.6 is 11.6 Å². The number of carbonyl (C=O) groups is 1. The lowest BCUT2D eigenvalue weighted by molar-refractivity contribution is -0.132. The Morgan fingerprint density at radius 2 is 1.76 bits per heavy atom. The van der Waals surface area contributed by atoms with Crippen molar-refractivity contribution in [1.29, 1.82) is 0 Å². The van der Waals surface area contributed by atoms with Gasteiger partial charge in [-0.1, -0.05) is 23.7 Å². The number of carbonyl (C=O) groups excluding carboxylic acids is 1. The van der Waals surface area contributed by atoms with Gasteiger partial charge < -0.3 is 14.4 Å². The minimum Gasteiger partial charge on any atom is -0.490 e. The van der Waals surface area contributed by atoms with Crippen molar-refractivity contribution in [3.8, 4) is 11.5 Å². The summed E-state index contributed by atoms with van der Waals surface area (Å²) in [5.41, 5.74) is 1.14. The minimum absolute atomic E-state index is 0.0400. The summed E-state index contributed by atoms with van der Waals surface area (Å²) < 4.78 is 38.9. The van der Waals surface area contributed by atoms with Crippen LogP contribution in [0.15, 0.2) is 47.4 Å². The Morgan fingerprint density at radius 1 is 1.00 bits per heavy atom. The van der Waals surface area contributed by atoms with Crippen molar-refractivity contribution in [3.63, 3.8) is 0 Å². The second kappa shape index (κ2) is 10.7. The second-order valence-electron chi connectivity index (χ2n) is 8.09. The van der Waals surface area contributed by atoms with Gasteiger partial charge in [0.05, 0.1) is 18.1 Å². The molecule has 2 aliphatic rings. The average molecular weight is 494 g/mol. The largest absolute Gasteiger partial charge is 0.490 e. The summed E-state index contributed by atoms with van der Waals surface area (Å²) in [6.45, 7) is 4.61. The molecule has 4 rings (SSSR count). The second-order valence-corrected chi connectivity index (χ2v) is 10.3. The molecule has 10 heteroatoms. The smallest absolute Gasteiger partial charge is 0.240 e. The number of nitrogens with zero attached hydrogens (tertiary/aromatic N) is 2. The maximum Gasteiger partial charge on any atom is 0.240 e. The van der Waals surface area contributed by atoms with Crippen molar-refractivity contribution in [1.82, 2.24) is 14.5 Å². The van der Waals surface area contributed by atoms with E-state index < -0.39 is 10.0 Å². The summed E-state index contributed by atoms with van der Waals surface area (Å²) in [5, 5.41) is 0.718. The van der Waals surface area contributed by atoms with E-state index in [4.69, 9.17) is 21.1 Å². The van der Waals surface area contributed by atoms with Crippen LogP contribution in [0.3, 0.4) is 0 Å². The zero-order chi connectivity index (χ0) is 23.3. The molecule has 0 bridgehead atoms. The van der Waals surface area contributed by atoms with Gasteiger partial charge in [0.1, 0.15) is 0 Å². The maximum absolute atomic E-state index is 12.7. The molecule has 0 aromatic heterocycles. The number of benzene rings is 2. The van der Waals surface area contributed by atoms with Crippen LogP contribution in [-0.4, -0.2) is 70.1 Å².